The highest BCUT2D eigenvalue weighted by atomic mass is 16.5. The normalized spacial score (nSPS) is 15.9. The van der Waals surface area contributed by atoms with E-state index < -0.39 is 0 Å². The lowest BCUT2D eigenvalue weighted by molar-refractivity contribution is 0.0332. The smallest absolute Gasteiger partial charge is 0.252 e. The van der Waals surface area contributed by atoms with Gasteiger partial charge in [0.05, 0.1) is 24.8 Å². The maximum Gasteiger partial charge on any atom is 0.252 e. The van der Waals surface area contributed by atoms with E-state index in [1.165, 1.54) is 11.6 Å². The molecule has 3 aromatic rings. The summed E-state index contributed by atoms with van der Waals surface area (Å²) >= 11 is 0. The average Bonchev–Trinajstić information content (AvgIpc) is 2.74. The van der Waals surface area contributed by atoms with E-state index in [2.05, 4.69) is 39.5 Å². The van der Waals surface area contributed by atoms with Crippen LogP contribution < -0.4 is 10.9 Å². The fourth-order valence-corrected chi connectivity index (χ4v) is 3.70. The van der Waals surface area contributed by atoms with Crippen molar-refractivity contribution in [2.24, 2.45) is 0 Å². The zero-order valence-electron chi connectivity index (χ0n) is 16.5. The van der Waals surface area contributed by atoms with Crippen molar-refractivity contribution >= 4 is 16.8 Å². The van der Waals surface area contributed by atoms with E-state index in [1.54, 1.807) is 6.07 Å². The Bertz CT molecular complexity index is 1050. The Morgan fingerprint density at radius 1 is 1.14 bits per heavy atom. The van der Waals surface area contributed by atoms with E-state index in [4.69, 9.17) is 4.74 Å². The average molecular weight is 391 g/mol. The van der Waals surface area contributed by atoms with Crippen LogP contribution >= 0.6 is 0 Å². The first kappa shape index (κ1) is 19.4. The van der Waals surface area contributed by atoms with Crippen LogP contribution in [0.2, 0.25) is 0 Å². The van der Waals surface area contributed by atoms with Crippen molar-refractivity contribution in [1.29, 1.82) is 0 Å². The molecule has 0 spiro atoms. The van der Waals surface area contributed by atoms with Crippen molar-refractivity contribution in [2.45, 2.75) is 13.0 Å². The molecule has 0 unspecified atom stereocenters. The van der Waals surface area contributed by atoms with Crippen LogP contribution in [0.15, 0.2) is 59.4 Å². The highest BCUT2D eigenvalue weighted by Gasteiger charge is 2.22. The van der Waals surface area contributed by atoms with Crippen molar-refractivity contribution in [2.75, 3.05) is 32.8 Å². The van der Waals surface area contributed by atoms with E-state index in [-0.39, 0.29) is 17.5 Å². The van der Waals surface area contributed by atoms with E-state index in [0.717, 1.165) is 24.0 Å². The van der Waals surface area contributed by atoms with E-state index >= 15 is 0 Å². The first-order valence-electron chi connectivity index (χ1n) is 9.90. The molecule has 6 heteroatoms. The van der Waals surface area contributed by atoms with Gasteiger partial charge in [0.2, 0.25) is 5.56 Å². The van der Waals surface area contributed by atoms with Gasteiger partial charge in [-0.25, -0.2) is 0 Å². The predicted molar refractivity (Wildman–Crippen MR) is 113 cm³/mol. The molecule has 1 aromatic heterocycles. The Morgan fingerprint density at radius 2 is 1.86 bits per heavy atom. The van der Waals surface area contributed by atoms with Crippen LogP contribution in [0.5, 0.6) is 0 Å². The number of hydrogen-bond acceptors (Lipinski definition) is 4. The fourth-order valence-electron chi connectivity index (χ4n) is 3.70. The zero-order chi connectivity index (χ0) is 20.2. The summed E-state index contributed by atoms with van der Waals surface area (Å²) in [4.78, 5) is 30.3. The Balaban J connectivity index is 1.64. The quantitative estimate of drug-likeness (QED) is 0.701. The van der Waals surface area contributed by atoms with Gasteiger partial charge in [0.15, 0.2) is 0 Å². The van der Waals surface area contributed by atoms with Gasteiger partial charge in [-0.1, -0.05) is 48.0 Å². The SMILES string of the molecule is Cc1ccc([C@H](CN2CCOCC2)NC(=O)c2cc(=O)[nH]c3ccccc23)cc1. The number of rotatable bonds is 5. The first-order valence-corrected chi connectivity index (χ1v) is 9.90. The molecule has 2 N–H and O–H groups in total. The molecule has 6 nitrogen and oxygen atoms in total. The third kappa shape index (κ3) is 4.55. The van der Waals surface area contributed by atoms with Crippen LogP contribution in [0.3, 0.4) is 0 Å². The summed E-state index contributed by atoms with van der Waals surface area (Å²) in [5.74, 6) is -0.244. The number of nitrogens with zero attached hydrogens (tertiary/aromatic N) is 1. The van der Waals surface area contributed by atoms with Crippen molar-refractivity contribution in [3.63, 3.8) is 0 Å². The van der Waals surface area contributed by atoms with Crippen molar-refractivity contribution in [3.8, 4) is 0 Å². The number of carbonyl (C=O) groups excluding carboxylic acids is 1. The third-order valence-electron chi connectivity index (χ3n) is 5.32. The van der Waals surface area contributed by atoms with Gasteiger partial charge < -0.3 is 15.0 Å². The van der Waals surface area contributed by atoms with Crippen LogP contribution in [-0.4, -0.2) is 48.6 Å². The van der Waals surface area contributed by atoms with Gasteiger partial charge in [0.1, 0.15) is 0 Å². The number of H-pyrrole nitrogens is 1. The number of nitrogens with one attached hydrogen (secondary N) is 2. The number of benzene rings is 2. The molecule has 0 saturated carbocycles. The number of hydrogen-bond donors (Lipinski definition) is 2. The van der Waals surface area contributed by atoms with Crippen LogP contribution in [0.25, 0.3) is 10.9 Å². The van der Waals surface area contributed by atoms with Gasteiger partial charge in [0, 0.05) is 36.6 Å². The Hall–Kier alpha value is -2.96. The molecule has 1 atom stereocenters. The van der Waals surface area contributed by atoms with Crippen LogP contribution in [0.4, 0.5) is 0 Å². The number of amides is 1. The summed E-state index contributed by atoms with van der Waals surface area (Å²) < 4.78 is 5.45. The van der Waals surface area contributed by atoms with Gasteiger partial charge in [-0.15, -0.1) is 0 Å². The van der Waals surface area contributed by atoms with E-state index in [0.29, 0.717) is 30.8 Å². The van der Waals surface area contributed by atoms with Gasteiger partial charge in [-0.3, -0.25) is 14.5 Å². The minimum atomic E-state index is -0.283. The molecule has 2 heterocycles. The molecule has 2 aromatic carbocycles. The molecule has 0 aliphatic carbocycles. The second-order valence-electron chi connectivity index (χ2n) is 7.44. The molecule has 29 heavy (non-hydrogen) atoms. The minimum Gasteiger partial charge on any atom is -0.379 e. The highest BCUT2D eigenvalue weighted by Crippen LogP contribution is 2.19. The molecule has 1 aliphatic heterocycles. The second kappa shape index (κ2) is 8.59. The number of aryl methyl sites for hydroxylation is 1. The molecule has 150 valence electrons. The van der Waals surface area contributed by atoms with Crippen LogP contribution in [-0.2, 0) is 4.74 Å². The number of ether oxygens (including phenoxy) is 1. The molecular formula is C23H25N3O3. The standard InChI is InChI=1S/C23H25N3O3/c1-16-6-8-17(9-7-16)21(15-26-10-12-29-13-11-26)25-23(28)19-14-22(27)24-20-5-3-2-4-18(19)20/h2-9,14,21H,10-13,15H2,1H3,(H,24,27)(H,25,28)/t21-/m0/s1. The zero-order valence-corrected chi connectivity index (χ0v) is 16.5. The Morgan fingerprint density at radius 3 is 2.62 bits per heavy atom. The number of aromatic nitrogens is 1. The Kier molecular flexibility index (Phi) is 5.74. The molecule has 0 bridgehead atoms. The lowest BCUT2D eigenvalue weighted by atomic mass is 10.0. The third-order valence-corrected chi connectivity index (χ3v) is 5.32. The number of pyridine rings is 1. The summed E-state index contributed by atoms with van der Waals surface area (Å²) in [5.41, 5.74) is 2.98. The summed E-state index contributed by atoms with van der Waals surface area (Å²) in [6.45, 7) is 5.82. The van der Waals surface area contributed by atoms with Crippen molar-refractivity contribution in [3.05, 3.63) is 81.6 Å². The second-order valence-corrected chi connectivity index (χ2v) is 7.44. The number of morpholine rings is 1. The summed E-state index contributed by atoms with van der Waals surface area (Å²) in [6.07, 6.45) is 0. The Labute approximate surface area is 169 Å². The maximum atomic E-state index is 13.2. The number of carbonyl (C=O) groups is 1. The molecule has 4 rings (SSSR count). The molecule has 1 aliphatic rings. The van der Waals surface area contributed by atoms with Crippen molar-refractivity contribution < 1.29 is 9.53 Å². The maximum absolute atomic E-state index is 13.2. The number of para-hydroxylation sites is 1. The monoisotopic (exact) mass is 391 g/mol. The lowest BCUT2D eigenvalue weighted by Gasteiger charge is -2.31. The van der Waals surface area contributed by atoms with Crippen LogP contribution in [0.1, 0.15) is 27.5 Å². The number of aromatic amines is 1. The van der Waals surface area contributed by atoms with E-state index in [1.807, 2.05) is 25.1 Å². The van der Waals surface area contributed by atoms with Gasteiger partial charge in [-0.2, -0.15) is 0 Å². The van der Waals surface area contributed by atoms with Gasteiger partial charge in [0.25, 0.3) is 5.91 Å². The number of fused-ring (bicyclic) bond motifs is 1. The summed E-state index contributed by atoms with van der Waals surface area (Å²) in [5, 5.41) is 3.90. The molecule has 1 amide bonds. The first-order chi connectivity index (χ1) is 14.1. The molecule has 1 saturated heterocycles. The topological polar surface area (TPSA) is 74.4 Å². The highest BCUT2D eigenvalue weighted by molar-refractivity contribution is 6.06. The van der Waals surface area contributed by atoms with E-state index in [9.17, 15) is 9.59 Å². The summed E-state index contributed by atoms with van der Waals surface area (Å²) in [7, 11) is 0. The molecule has 0 radical (unpaired) electrons. The van der Waals surface area contributed by atoms with Crippen molar-refractivity contribution in [1.82, 2.24) is 15.2 Å². The lowest BCUT2D eigenvalue weighted by Crippen LogP contribution is -2.43. The molecular weight excluding hydrogens is 366 g/mol. The predicted octanol–water partition coefficient (Wildman–Crippen LogP) is 2.64. The largest absolute Gasteiger partial charge is 0.379 e. The summed E-state index contributed by atoms with van der Waals surface area (Å²) in [6, 6.07) is 16.8. The minimum absolute atomic E-state index is 0.181. The van der Waals surface area contributed by atoms with Gasteiger partial charge >= 0.3 is 0 Å². The van der Waals surface area contributed by atoms with Gasteiger partial charge in [-0.05, 0) is 18.6 Å². The fraction of sp³-hybridized carbons (Fsp3) is 0.304. The van der Waals surface area contributed by atoms with Crippen LogP contribution in [0, 0.1) is 6.92 Å². The molecule has 1 fully saturated rings.